The number of carbonyl (C=O) groups is 2. The van der Waals surface area contributed by atoms with Crippen LogP contribution in [0.15, 0.2) is 28.7 Å². The maximum Gasteiger partial charge on any atom is 0.299 e. The van der Waals surface area contributed by atoms with Gasteiger partial charge in [0, 0.05) is 11.5 Å². The Morgan fingerprint density at radius 3 is 2.65 bits per heavy atom. The van der Waals surface area contributed by atoms with Gasteiger partial charge in [0.05, 0.1) is 29.2 Å². The van der Waals surface area contributed by atoms with Gasteiger partial charge in [-0.3, -0.25) is 19.2 Å². The van der Waals surface area contributed by atoms with Crippen molar-refractivity contribution in [1.82, 2.24) is 9.78 Å². The molecule has 1 aliphatic heterocycles. The average molecular weight is 334 g/mol. The lowest BCUT2D eigenvalue weighted by atomic mass is 10.1. The summed E-state index contributed by atoms with van der Waals surface area (Å²) in [7, 11) is 1.83. The van der Waals surface area contributed by atoms with Crippen LogP contribution in [0.1, 0.15) is 21.7 Å². The summed E-state index contributed by atoms with van der Waals surface area (Å²) in [4.78, 5) is 25.6. The number of Topliss-reactive ketones (excluding diaryl/α,β-unsaturated/α-hetero) is 1. The Labute approximate surface area is 124 Å². The highest BCUT2D eigenvalue weighted by molar-refractivity contribution is 9.10. The molecule has 2 heterocycles. The molecule has 0 fully saturated rings. The molecular weight excluding hydrogens is 322 g/mol. The second kappa shape index (κ2) is 4.56. The molecule has 0 saturated carbocycles. The second-order valence-electron chi connectivity index (χ2n) is 4.78. The molecule has 1 aromatic carbocycles. The minimum atomic E-state index is -0.489. The van der Waals surface area contributed by atoms with Gasteiger partial charge in [-0.2, -0.15) is 5.10 Å². The highest BCUT2D eigenvalue weighted by Crippen LogP contribution is 2.32. The molecular formula is C14H12BrN3O2. The lowest BCUT2D eigenvalue weighted by Crippen LogP contribution is -2.30. The predicted octanol–water partition coefficient (Wildman–Crippen LogP) is 2.22. The number of hydrogen-bond donors (Lipinski definition) is 0. The van der Waals surface area contributed by atoms with E-state index in [1.165, 1.54) is 4.90 Å². The minimum Gasteiger partial charge on any atom is -0.299 e. The molecule has 1 aromatic heterocycles. The van der Waals surface area contributed by atoms with Crippen molar-refractivity contribution in [3.05, 3.63) is 45.7 Å². The Hall–Kier alpha value is -1.95. The molecule has 0 spiro atoms. The van der Waals surface area contributed by atoms with Crippen molar-refractivity contribution in [1.29, 1.82) is 0 Å². The molecule has 1 amide bonds. The van der Waals surface area contributed by atoms with Crippen molar-refractivity contribution in [3.8, 4) is 0 Å². The van der Waals surface area contributed by atoms with E-state index >= 15 is 0 Å². The van der Waals surface area contributed by atoms with Gasteiger partial charge in [0.25, 0.3) is 11.7 Å². The smallest absolute Gasteiger partial charge is 0.299 e. The highest BCUT2D eigenvalue weighted by Gasteiger charge is 2.36. The fraction of sp³-hybridized carbons (Fsp3) is 0.214. The number of hydrogen-bond acceptors (Lipinski definition) is 3. The Kier molecular flexibility index (Phi) is 2.97. The van der Waals surface area contributed by atoms with Gasteiger partial charge in [-0.15, -0.1) is 0 Å². The zero-order chi connectivity index (χ0) is 14.4. The molecule has 0 atom stereocenters. The molecule has 0 N–H and O–H groups in total. The average Bonchev–Trinajstić information content (AvgIpc) is 2.82. The fourth-order valence-electron chi connectivity index (χ4n) is 2.40. The van der Waals surface area contributed by atoms with Crippen LogP contribution in [-0.2, 0) is 18.4 Å². The van der Waals surface area contributed by atoms with Crippen LogP contribution in [0.4, 0.5) is 5.69 Å². The molecule has 0 unspecified atom stereocenters. The number of ketones is 1. The molecule has 0 bridgehead atoms. The maximum atomic E-state index is 12.1. The van der Waals surface area contributed by atoms with Crippen molar-refractivity contribution in [3.63, 3.8) is 0 Å². The molecule has 0 saturated heterocycles. The summed E-state index contributed by atoms with van der Waals surface area (Å²) >= 11 is 3.37. The SMILES string of the molecule is Cc1cc(CN2C(=O)C(=O)c3ccc(Br)cc32)n(C)n1. The van der Waals surface area contributed by atoms with Gasteiger partial charge >= 0.3 is 0 Å². The number of nitrogens with zero attached hydrogens (tertiary/aromatic N) is 3. The normalized spacial score (nSPS) is 14.1. The zero-order valence-corrected chi connectivity index (χ0v) is 12.6. The number of fused-ring (bicyclic) bond motifs is 1. The van der Waals surface area contributed by atoms with E-state index in [2.05, 4.69) is 21.0 Å². The summed E-state index contributed by atoms with van der Waals surface area (Å²) in [5.74, 6) is -0.941. The van der Waals surface area contributed by atoms with E-state index in [0.29, 0.717) is 17.8 Å². The summed E-state index contributed by atoms with van der Waals surface area (Å²) in [5, 5.41) is 4.26. The Bertz CT molecular complexity index is 736. The number of anilines is 1. The van der Waals surface area contributed by atoms with Crippen molar-refractivity contribution < 1.29 is 9.59 Å². The van der Waals surface area contributed by atoms with Crippen molar-refractivity contribution >= 4 is 33.3 Å². The predicted molar refractivity (Wildman–Crippen MR) is 77.6 cm³/mol. The molecule has 6 heteroatoms. The summed E-state index contributed by atoms with van der Waals surface area (Å²) in [6, 6.07) is 7.14. The topological polar surface area (TPSA) is 55.2 Å². The number of amides is 1. The van der Waals surface area contributed by atoms with Crippen LogP contribution in [-0.4, -0.2) is 21.5 Å². The molecule has 0 radical (unpaired) electrons. The summed E-state index contributed by atoms with van der Waals surface area (Å²) in [6.07, 6.45) is 0. The van der Waals surface area contributed by atoms with E-state index in [1.54, 1.807) is 22.9 Å². The van der Waals surface area contributed by atoms with Crippen molar-refractivity contribution in [2.75, 3.05) is 4.90 Å². The number of rotatable bonds is 2. The Morgan fingerprint density at radius 2 is 2.00 bits per heavy atom. The first-order valence-corrected chi connectivity index (χ1v) is 6.92. The van der Waals surface area contributed by atoms with Gasteiger partial charge in [-0.25, -0.2) is 0 Å². The third kappa shape index (κ3) is 1.96. The van der Waals surface area contributed by atoms with Gasteiger partial charge in [0.1, 0.15) is 0 Å². The van der Waals surface area contributed by atoms with Crippen LogP contribution in [0.3, 0.4) is 0 Å². The number of carbonyl (C=O) groups excluding carboxylic acids is 2. The first kappa shape index (κ1) is 13.1. The molecule has 20 heavy (non-hydrogen) atoms. The zero-order valence-electron chi connectivity index (χ0n) is 11.1. The van der Waals surface area contributed by atoms with Crippen molar-refractivity contribution in [2.24, 2.45) is 7.05 Å². The first-order chi connectivity index (χ1) is 9.47. The molecule has 1 aliphatic rings. The lowest BCUT2D eigenvalue weighted by molar-refractivity contribution is -0.114. The lowest BCUT2D eigenvalue weighted by Gasteiger charge is -2.16. The van der Waals surface area contributed by atoms with Crippen molar-refractivity contribution in [2.45, 2.75) is 13.5 Å². The van der Waals surface area contributed by atoms with Gasteiger partial charge in [-0.1, -0.05) is 15.9 Å². The van der Waals surface area contributed by atoms with E-state index in [4.69, 9.17) is 0 Å². The molecule has 102 valence electrons. The standard InChI is InChI=1S/C14H12BrN3O2/c1-8-5-10(17(2)16-8)7-18-12-6-9(15)3-4-11(12)13(19)14(18)20/h3-6H,7H2,1-2H3. The molecule has 5 nitrogen and oxygen atoms in total. The third-order valence-electron chi connectivity index (χ3n) is 3.35. The molecule has 3 rings (SSSR count). The van der Waals surface area contributed by atoms with Crippen LogP contribution < -0.4 is 4.90 Å². The van der Waals surface area contributed by atoms with E-state index < -0.39 is 11.7 Å². The van der Waals surface area contributed by atoms with Crippen LogP contribution in [0, 0.1) is 6.92 Å². The number of aromatic nitrogens is 2. The van der Waals surface area contributed by atoms with E-state index in [9.17, 15) is 9.59 Å². The van der Waals surface area contributed by atoms with Crippen LogP contribution in [0.2, 0.25) is 0 Å². The first-order valence-electron chi connectivity index (χ1n) is 6.12. The van der Waals surface area contributed by atoms with Gasteiger partial charge in [0.2, 0.25) is 0 Å². The van der Waals surface area contributed by atoms with E-state index in [1.807, 2.05) is 20.0 Å². The fourth-order valence-corrected chi connectivity index (χ4v) is 2.75. The highest BCUT2D eigenvalue weighted by atomic mass is 79.9. The number of aryl methyl sites for hydroxylation is 2. The monoisotopic (exact) mass is 333 g/mol. The van der Waals surface area contributed by atoms with Gasteiger partial charge in [0.15, 0.2) is 0 Å². The van der Waals surface area contributed by atoms with Gasteiger partial charge in [-0.05, 0) is 31.2 Å². The Balaban J connectivity index is 2.03. The van der Waals surface area contributed by atoms with Crippen LogP contribution >= 0.6 is 15.9 Å². The third-order valence-corrected chi connectivity index (χ3v) is 3.85. The second-order valence-corrected chi connectivity index (χ2v) is 5.70. The minimum absolute atomic E-state index is 0.339. The molecule has 2 aromatic rings. The van der Waals surface area contributed by atoms with Gasteiger partial charge < -0.3 is 0 Å². The van der Waals surface area contributed by atoms with Crippen LogP contribution in [0.25, 0.3) is 0 Å². The van der Waals surface area contributed by atoms with E-state index in [0.717, 1.165) is 15.9 Å². The number of halogens is 1. The van der Waals surface area contributed by atoms with E-state index in [-0.39, 0.29) is 0 Å². The largest absolute Gasteiger partial charge is 0.299 e. The Morgan fingerprint density at radius 1 is 1.25 bits per heavy atom. The maximum absolute atomic E-state index is 12.1. The number of benzene rings is 1. The quantitative estimate of drug-likeness (QED) is 0.792. The van der Waals surface area contributed by atoms with Crippen LogP contribution in [0.5, 0.6) is 0 Å². The molecule has 0 aliphatic carbocycles. The summed E-state index contributed by atoms with van der Waals surface area (Å²) < 4.78 is 2.56. The summed E-state index contributed by atoms with van der Waals surface area (Å²) in [5.41, 5.74) is 2.87. The summed E-state index contributed by atoms with van der Waals surface area (Å²) in [6.45, 7) is 2.23.